The first-order valence-corrected chi connectivity index (χ1v) is 7.09. The Morgan fingerprint density at radius 3 is 3.17 bits per heavy atom. The molecule has 0 aromatic carbocycles. The molecule has 0 amide bonds. The SMILES string of the molecule is CCCNCc1cn(C2CCCC(OC)C2)cn1. The van der Waals surface area contributed by atoms with Crippen LogP contribution in [0.1, 0.15) is 50.8 Å². The van der Waals surface area contributed by atoms with E-state index in [1.54, 1.807) is 0 Å². The molecule has 1 N–H and O–H groups in total. The van der Waals surface area contributed by atoms with Gasteiger partial charge in [0.1, 0.15) is 0 Å². The van der Waals surface area contributed by atoms with Gasteiger partial charge in [-0.2, -0.15) is 0 Å². The standard InChI is InChI=1S/C14H25N3O/c1-3-7-15-9-12-10-17(11-16-12)13-5-4-6-14(8-13)18-2/h10-11,13-15H,3-9H2,1-2H3. The van der Waals surface area contributed by atoms with Gasteiger partial charge in [-0.15, -0.1) is 0 Å². The first kappa shape index (κ1) is 13.6. The highest BCUT2D eigenvalue weighted by atomic mass is 16.5. The Morgan fingerprint density at radius 1 is 1.50 bits per heavy atom. The molecule has 1 aliphatic rings. The highest BCUT2D eigenvalue weighted by Crippen LogP contribution is 2.29. The van der Waals surface area contributed by atoms with E-state index in [2.05, 4.69) is 28.0 Å². The lowest BCUT2D eigenvalue weighted by Gasteiger charge is -2.28. The molecule has 0 saturated heterocycles. The maximum Gasteiger partial charge on any atom is 0.0952 e. The predicted octanol–water partition coefficient (Wildman–Crippen LogP) is 2.51. The minimum absolute atomic E-state index is 0.424. The second-order valence-corrected chi connectivity index (χ2v) is 5.17. The molecule has 1 fully saturated rings. The summed E-state index contributed by atoms with van der Waals surface area (Å²) < 4.78 is 7.75. The minimum atomic E-state index is 0.424. The van der Waals surface area contributed by atoms with Gasteiger partial charge in [0.25, 0.3) is 0 Å². The summed E-state index contributed by atoms with van der Waals surface area (Å²) >= 11 is 0. The summed E-state index contributed by atoms with van der Waals surface area (Å²) in [7, 11) is 1.82. The maximum atomic E-state index is 5.48. The number of nitrogens with zero attached hydrogens (tertiary/aromatic N) is 2. The summed E-state index contributed by atoms with van der Waals surface area (Å²) in [6.07, 6.45) is 10.6. The molecule has 2 rings (SSSR count). The van der Waals surface area contributed by atoms with Gasteiger partial charge in [-0.05, 0) is 38.6 Å². The van der Waals surface area contributed by atoms with Crippen molar-refractivity contribution in [3.63, 3.8) is 0 Å². The molecule has 0 spiro atoms. The summed E-state index contributed by atoms with van der Waals surface area (Å²) in [6, 6.07) is 0.566. The monoisotopic (exact) mass is 251 g/mol. The fourth-order valence-electron chi connectivity index (χ4n) is 2.67. The number of rotatable bonds is 6. The molecule has 2 unspecified atom stereocenters. The van der Waals surface area contributed by atoms with E-state index < -0.39 is 0 Å². The van der Waals surface area contributed by atoms with Crippen molar-refractivity contribution in [2.75, 3.05) is 13.7 Å². The number of imidazole rings is 1. The third kappa shape index (κ3) is 3.56. The zero-order chi connectivity index (χ0) is 12.8. The Morgan fingerprint density at radius 2 is 2.39 bits per heavy atom. The van der Waals surface area contributed by atoms with Crippen molar-refractivity contribution >= 4 is 0 Å². The average Bonchev–Trinajstić information content (AvgIpc) is 2.88. The molecule has 18 heavy (non-hydrogen) atoms. The van der Waals surface area contributed by atoms with Gasteiger partial charge >= 0.3 is 0 Å². The highest BCUT2D eigenvalue weighted by molar-refractivity contribution is 4.98. The van der Waals surface area contributed by atoms with Gasteiger partial charge < -0.3 is 14.6 Å². The number of aromatic nitrogens is 2. The van der Waals surface area contributed by atoms with E-state index >= 15 is 0 Å². The molecule has 1 aliphatic carbocycles. The van der Waals surface area contributed by atoms with Crippen LogP contribution in [0.5, 0.6) is 0 Å². The second-order valence-electron chi connectivity index (χ2n) is 5.17. The van der Waals surface area contributed by atoms with E-state index in [1.165, 1.54) is 25.7 Å². The summed E-state index contributed by atoms with van der Waals surface area (Å²) in [5, 5.41) is 3.39. The van der Waals surface area contributed by atoms with Crippen molar-refractivity contribution in [1.29, 1.82) is 0 Å². The van der Waals surface area contributed by atoms with Gasteiger partial charge in [-0.3, -0.25) is 0 Å². The van der Waals surface area contributed by atoms with Crippen molar-refractivity contribution < 1.29 is 4.74 Å². The Labute approximate surface area is 110 Å². The Kier molecular flexibility index (Phi) is 5.20. The molecular formula is C14H25N3O. The van der Waals surface area contributed by atoms with E-state index in [4.69, 9.17) is 4.74 Å². The van der Waals surface area contributed by atoms with E-state index in [0.29, 0.717) is 12.1 Å². The molecule has 2 atom stereocenters. The molecule has 4 nitrogen and oxygen atoms in total. The molecule has 0 aliphatic heterocycles. The Hall–Kier alpha value is -0.870. The molecule has 0 radical (unpaired) electrons. The first-order valence-electron chi connectivity index (χ1n) is 7.09. The molecule has 0 bridgehead atoms. The number of hydrogen-bond donors (Lipinski definition) is 1. The van der Waals surface area contributed by atoms with Crippen molar-refractivity contribution in [2.45, 2.75) is 57.7 Å². The van der Waals surface area contributed by atoms with E-state index in [-0.39, 0.29) is 0 Å². The maximum absolute atomic E-state index is 5.48. The summed E-state index contributed by atoms with van der Waals surface area (Å²) in [6.45, 7) is 4.11. The second kappa shape index (κ2) is 6.90. The number of methoxy groups -OCH3 is 1. The fourth-order valence-corrected chi connectivity index (χ4v) is 2.67. The van der Waals surface area contributed by atoms with Crippen LogP contribution in [-0.4, -0.2) is 29.3 Å². The third-order valence-corrected chi connectivity index (χ3v) is 3.74. The van der Waals surface area contributed by atoms with Crippen molar-refractivity contribution in [1.82, 2.24) is 14.9 Å². The van der Waals surface area contributed by atoms with Gasteiger partial charge in [-0.1, -0.05) is 6.92 Å². The lowest BCUT2D eigenvalue weighted by atomic mass is 9.93. The molecule has 1 saturated carbocycles. The van der Waals surface area contributed by atoms with Crippen LogP contribution in [0, 0.1) is 0 Å². The Balaban J connectivity index is 1.88. The Bertz CT molecular complexity index is 351. The third-order valence-electron chi connectivity index (χ3n) is 3.74. The molecule has 4 heteroatoms. The van der Waals surface area contributed by atoms with Gasteiger partial charge in [0.2, 0.25) is 0 Å². The fraction of sp³-hybridized carbons (Fsp3) is 0.786. The van der Waals surface area contributed by atoms with E-state index in [9.17, 15) is 0 Å². The van der Waals surface area contributed by atoms with Crippen molar-refractivity contribution in [2.24, 2.45) is 0 Å². The molecule has 1 aromatic rings. The smallest absolute Gasteiger partial charge is 0.0952 e. The van der Waals surface area contributed by atoms with E-state index in [0.717, 1.165) is 25.2 Å². The predicted molar refractivity (Wildman–Crippen MR) is 72.5 cm³/mol. The summed E-state index contributed by atoms with van der Waals surface area (Å²) in [5.74, 6) is 0. The number of nitrogens with one attached hydrogen (secondary N) is 1. The normalized spacial score (nSPS) is 24.3. The average molecular weight is 251 g/mol. The van der Waals surface area contributed by atoms with Crippen molar-refractivity contribution in [3.8, 4) is 0 Å². The molecule has 1 aromatic heterocycles. The van der Waals surface area contributed by atoms with Crippen LogP contribution in [0.25, 0.3) is 0 Å². The largest absolute Gasteiger partial charge is 0.381 e. The summed E-state index contributed by atoms with van der Waals surface area (Å²) in [5.41, 5.74) is 1.14. The quantitative estimate of drug-likeness (QED) is 0.790. The summed E-state index contributed by atoms with van der Waals surface area (Å²) in [4.78, 5) is 4.47. The molecule has 1 heterocycles. The van der Waals surface area contributed by atoms with Gasteiger partial charge in [0.05, 0.1) is 18.1 Å². The van der Waals surface area contributed by atoms with Gasteiger partial charge in [0, 0.05) is 25.9 Å². The van der Waals surface area contributed by atoms with Crippen LogP contribution in [0.4, 0.5) is 0 Å². The number of ether oxygens (including phenoxy) is 1. The highest BCUT2D eigenvalue weighted by Gasteiger charge is 2.22. The van der Waals surface area contributed by atoms with Crippen LogP contribution in [0.2, 0.25) is 0 Å². The molecular weight excluding hydrogens is 226 g/mol. The van der Waals surface area contributed by atoms with Crippen LogP contribution >= 0.6 is 0 Å². The van der Waals surface area contributed by atoms with Crippen LogP contribution in [0.15, 0.2) is 12.5 Å². The van der Waals surface area contributed by atoms with Crippen molar-refractivity contribution in [3.05, 3.63) is 18.2 Å². The number of hydrogen-bond acceptors (Lipinski definition) is 3. The topological polar surface area (TPSA) is 39.1 Å². The zero-order valence-electron chi connectivity index (χ0n) is 11.6. The zero-order valence-corrected chi connectivity index (χ0v) is 11.6. The van der Waals surface area contributed by atoms with Gasteiger partial charge in [-0.25, -0.2) is 4.98 Å². The van der Waals surface area contributed by atoms with Crippen LogP contribution in [0.3, 0.4) is 0 Å². The lowest BCUT2D eigenvalue weighted by Crippen LogP contribution is -2.23. The molecule has 102 valence electrons. The first-order chi connectivity index (χ1) is 8.83. The van der Waals surface area contributed by atoms with Crippen LogP contribution in [-0.2, 0) is 11.3 Å². The van der Waals surface area contributed by atoms with Gasteiger partial charge in [0.15, 0.2) is 0 Å². The van der Waals surface area contributed by atoms with E-state index in [1.807, 2.05) is 13.4 Å². The van der Waals surface area contributed by atoms with Crippen LogP contribution < -0.4 is 5.32 Å². The lowest BCUT2D eigenvalue weighted by molar-refractivity contribution is 0.0530. The minimum Gasteiger partial charge on any atom is -0.381 e.